The van der Waals surface area contributed by atoms with E-state index >= 15 is 0 Å². The number of carbonyl (C=O) groups excluding carboxylic acids is 1. The van der Waals surface area contributed by atoms with E-state index in [-0.39, 0.29) is 16.6 Å². The average Bonchev–Trinajstić information content (AvgIpc) is 3.13. The summed E-state index contributed by atoms with van der Waals surface area (Å²) in [7, 11) is -2.24. The van der Waals surface area contributed by atoms with Crippen LogP contribution in [-0.4, -0.2) is 56.8 Å². The van der Waals surface area contributed by atoms with Gasteiger partial charge in [-0.25, -0.2) is 8.42 Å². The predicted molar refractivity (Wildman–Crippen MR) is 97.4 cm³/mol. The molecule has 0 radical (unpaired) electrons. The largest absolute Gasteiger partial charge is 0.495 e. The van der Waals surface area contributed by atoms with Crippen LogP contribution in [0.3, 0.4) is 0 Å². The SMILES string of the molecule is C=C(C)CN(CC)C(=O)c1ccc(OC)c(S(=O)(=O)N2CCCC2)c1. The first kappa shape index (κ1) is 19.5. The quantitative estimate of drug-likeness (QED) is 0.696. The van der Waals surface area contributed by atoms with E-state index in [1.54, 1.807) is 17.0 Å². The van der Waals surface area contributed by atoms with Gasteiger partial charge in [0.25, 0.3) is 5.91 Å². The molecular weight excluding hydrogens is 340 g/mol. The van der Waals surface area contributed by atoms with Crippen molar-refractivity contribution in [2.75, 3.05) is 33.3 Å². The molecule has 0 N–H and O–H groups in total. The third kappa shape index (κ3) is 4.22. The molecular formula is C18H26N2O4S. The summed E-state index contributed by atoms with van der Waals surface area (Å²) in [5, 5.41) is 0. The molecule has 7 heteroatoms. The molecule has 1 saturated heterocycles. The van der Waals surface area contributed by atoms with Crippen LogP contribution in [0.4, 0.5) is 0 Å². The molecule has 1 fully saturated rings. The molecule has 25 heavy (non-hydrogen) atoms. The van der Waals surface area contributed by atoms with Gasteiger partial charge in [-0.1, -0.05) is 12.2 Å². The third-order valence-corrected chi connectivity index (χ3v) is 6.14. The van der Waals surface area contributed by atoms with Crippen molar-refractivity contribution in [1.29, 1.82) is 0 Å². The molecule has 1 aromatic carbocycles. The minimum Gasteiger partial charge on any atom is -0.495 e. The van der Waals surface area contributed by atoms with Gasteiger partial charge in [-0.3, -0.25) is 4.79 Å². The maximum Gasteiger partial charge on any atom is 0.254 e. The second-order valence-electron chi connectivity index (χ2n) is 6.25. The number of hydrogen-bond acceptors (Lipinski definition) is 4. The van der Waals surface area contributed by atoms with Crippen molar-refractivity contribution in [3.05, 3.63) is 35.9 Å². The molecule has 0 saturated carbocycles. The number of ether oxygens (including phenoxy) is 1. The molecule has 138 valence electrons. The van der Waals surface area contributed by atoms with Gasteiger partial charge in [0.15, 0.2) is 0 Å². The van der Waals surface area contributed by atoms with Gasteiger partial charge < -0.3 is 9.64 Å². The molecule has 0 aliphatic carbocycles. The summed E-state index contributed by atoms with van der Waals surface area (Å²) >= 11 is 0. The molecule has 0 aromatic heterocycles. The lowest BCUT2D eigenvalue weighted by Gasteiger charge is -2.22. The van der Waals surface area contributed by atoms with Gasteiger partial charge >= 0.3 is 0 Å². The summed E-state index contributed by atoms with van der Waals surface area (Å²) in [6, 6.07) is 4.58. The lowest BCUT2D eigenvalue weighted by Crippen LogP contribution is -2.33. The fourth-order valence-electron chi connectivity index (χ4n) is 2.91. The molecule has 1 amide bonds. The number of amides is 1. The van der Waals surface area contributed by atoms with E-state index in [9.17, 15) is 13.2 Å². The highest BCUT2D eigenvalue weighted by Crippen LogP contribution is 2.30. The van der Waals surface area contributed by atoms with Crippen LogP contribution in [0.25, 0.3) is 0 Å². The first-order valence-electron chi connectivity index (χ1n) is 8.43. The molecule has 0 bridgehead atoms. The number of rotatable bonds is 7. The predicted octanol–water partition coefficient (Wildman–Crippen LogP) is 2.52. The maximum atomic E-state index is 12.9. The molecule has 0 atom stereocenters. The molecule has 6 nitrogen and oxygen atoms in total. The zero-order chi connectivity index (χ0) is 18.6. The van der Waals surface area contributed by atoms with Gasteiger partial charge in [-0.05, 0) is 44.9 Å². The summed E-state index contributed by atoms with van der Waals surface area (Å²) < 4.78 is 32.5. The van der Waals surface area contributed by atoms with Crippen molar-refractivity contribution in [2.24, 2.45) is 0 Å². The second-order valence-corrected chi connectivity index (χ2v) is 8.16. The van der Waals surface area contributed by atoms with Crippen LogP contribution in [0.1, 0.15) is 37.0 Å². The van der Waals surface area contributed by atoms with E-state index in [2.05, 4.69) is 6.58 Å². The second kappa shape index (κ2) is 8.01. The van der Waals surface area contributed by atoms with Crippen molar-refractivity contribution in [2.45, 2.75) is 31.6 Å². The first-order chi connectivity index (χ1) is 11.8. The first-order valence-corrected chi connectivity index (χ1v) is 9.87. The lowest BCUT2D eigenvalue weighted by molar-refractivity contribution is 0.0778. The Kier molecular flexibility index (Phi) is 6.24. The number of carbonyl (C=O) groups is 1. The molecule has 1 aliphatic rings. The van der Waals surface area contributed by atoms with Gasteiger partial charge in [0.1, 0.15) is 10.6 Å². The fraction of sp³-hybridized carbons (Fsp3) is 0.500. The Balaban J connectivity index is 2.42. The van der Waals surface area contributed by atoms with E-state index in [4.69, 9.17) is 4.74 Å². The Labute approximate surface area is 150 Å². The molecule has 2 rings (SSSR count). The highest BCUT2D eigenvalue weighted by molar-refractivity contribution is 7.89. The highest BCUT2D eigenvalue weighted by atomic mass is 32.2. The van der Waals surface area contributed by atoms with E-state index < -0.39 is 10.0 Å². The third-order valence-electron chi connectivity index (χ3n) is 4.22. The van der Waals surface area contributed by atoms with Crippen molar-refractivity contribution < 1.29 is 17.9 Å². The van der Waals surface area contributed by atoms with Crippen LogP contribution >= 0.6 is 0 Å². The Hall–Kier alpha value is -1.86. The monoisotopic (exact) mass is 366 g/mol. The Bertz CT molecular complexity index is 752. The van der Waals surface area contributed by atoms with Crippen LogP contribution in [-0.2, 0) is 10.0 Å². The van der Waals surface area contributed by atoms with E-state index in [0.29, 0.717) is 31.7 Å². The summed E-state index contributed by atoms with van der Waals surface area (Å²) in [5.41, 5.74) is 1.20. The van der Waals surface area contributed by atoms with Gasteiger partial charge in [0.2, 0.25) is 10.0 Å². The highest BCUT2D eigenvalue weighted by Gasteiger charge is 2.31. The summed E-state index contributed by atoms with van der Waals surface area (Å²) in [6.45, 7) is 9.54. The molecule has 1 aliphatic heterocycles. The van der Waals surface area contributed by atoms with Crippen LogP contribution in [0.5, 0.6) is 5.75 Å². The minimum atomic E-state index is -3.67. The Morgan fingerprint density at radius 3 is 2.48 bits per heavy atom. The molecule has 0 spiro atoms. The number of methoxy groups -OCH3 is 1. The number of sulfonamides is 1. The molecule has 0 unspecified atom stereocenters. The average molecular weight is 366 g/mol. The summed E-state index contributed by atoms with van der Waals surface area (Å²) in [6.07, 6.45) is 1.70. The Morgan fingerprint density at radius 1 is 1.32 bits per heavy atom. The number of hydrogen-bond donors (Lipinski definition) is 0. The van der Waals surface area contributed by atoms with Gasteiger partial charge in [0.05, 0.1) is 7.11 Å². The molecule has 1 heterocycles. The fourth-order valence-corrected chi connectivity index (χ4v) is 4.61. The molecule has 1 aromatic rings. The van der Waals surface area contributed by atoms with Gasteiger partial charge in [-0.15, -0.1) is 0 Å². The summed E-state index contributed by atoms with van der Waals surface area (Å²) in [4.78, 5) is 14.4. The Morgan fingerprint density at radius 2 is 1.96 bits per heavy atom. The van der Waals surface area contributed by atoms with E-state index in [1.165, 1.54) is 17.5 Å². The number of nitrogens with zero attached hydrogens (tertiary/aromatic N) is 2. The minimum absolute atomic E-state index is 0.0501. The van der Waals surface area contributed by atoms with Crippen LogP contribution < -0.4 is 4.74 Å². The zero-order valence-electron chi connectivity index (χ0n) is 15.1. The smallest absolute Gasteiger partial charge is 0.254 e. The standard InChI is InChI=1S/C18H26N2O4S/c1-5-19(13-14(2)3)18(21)15-8-9-16(24-4)17(12-15)25(22,23)20-10-6-7-11-20/h8-9,12H,2,5-7,10-11,13H2,1,3-4H3. The summed E-state index contributed by atoms with van der Waals surface area (Å²) in [5.74, 6) is 0.0393. The van der Waals surface area contributed by atoms with E-state index in [1.807, 2.05) is 13.8 Å². The van der Waals surface area contributed by atoms with Gasteiger partial charge in [0, 0.05) is 31.7 Å². The number of benzene rings is 1. The van der Waals surface area contributed by atoms with E-state index in [0.717, 1.165) is 18.4 Å². The van der Waals surface area contributed by atoms with Crippen molar-refractivity contribution in [1.82, 2.24) is 9.21 Å². The van der Waals surface area contributed by atoms with Gasteiger partial charge in [-0.2, -0.15) is 4.31 Å². The maximum absolute atomic E-state index is 12.9. The van der Waals surface area contributed by atoms with Crippen LogP contribution in [0, 0.1) is 0 Å². The number of likely N-dealkylation sites (N-methyl/N-ethyl adjacent to an activating group) is 1. The van der Waals surface area contributed by atoms with Crippen molar-refractivity contribution in [3.8, 4) is 5.75 Å². The lowest BCUT2D eigenvalue weighted by atomic mass is 10.1. The topological polar surface area (TPSA) is 66.9 Å². The van der Waals surface area contributed by atoms with Crippen molar-refractivity contribution in [3.63, 3.8) is 0 Å². The van der Waals surface area contributed by atoms with Crippen molar-refractivity contribution >= 4 is 15.9 Å². The normalized spacial score (nSPS) is 15.2. The zero-order valence-corrected chi connectivity index (χ0v) is 15.9. The van der Waals surface area contributed by atoms with Crippen LogP contribution in [0.2, 0.25) is 0 Å². The van der Waals surface area contributed by atoms with Crippen LogP contribution in [0.15, 0.2) is 35.2 Å².